The Hall–Kier alpha value is -2.82. The van der Waals surface area contributed by atoms with Crippen LogP contribution in [0.4, 0.5) is 10.1 Å². The summed E-state index contributed by atoms with van der Waals surface area (Å²) >= 11 is 0. The Bertz CT molecular complexity index is 793. The number of hydrogen-bond acceptors (Lipinski definition) is 3. The number of ketones is 2. The second-order valence-electron chi connectivity index (χ2n) is 6.19. The highest BCUT2D eigenvalue weighted by Crippen LogP contribution is 2.32. The average Bonchev–Trinajstić information content (AvgIpc) is 3.45. The predicted octanol–water partition coefficient (Wildman–Crippen LogP) is 4.02. The fourth-order valence-electron chi connectivity index (χ4n) is 2.53. The predicted molar refractivity (Wildman–Crippen MR) is 92.1 cm³/mol. The van der Waals surface area contributed by atoms with Gasteiger partial charge >= 0.3 is 0 Å². The van der Waals surface area contributed by atoms with Crippen molar-refractivity contribution in [3.63, 3.8) is 0 Å². The summed E-state index contributed by atoms with van der Waals surface area (Å²) in [4.78, 5) is 35.8. The first-order chi connectivity index (χ1) is 12.0. The molecule has 0 spiro atoms. The highest BCUT2D eigenvalue weighted by Gasteiger charge is 2.30. The molecule has 1 aliphatic carbocycles. The molecule has 1 saturated carbocycles. The molecule has 0 aliphatic heterocycles. The summed E-state index contributed by atoms with van der Waals surface area (Å²) in [6, 6.07) is 12.1. The van der Waals surface area contributed by atoms with E-state index in [2.05, 4.69) is 5.32 Å². The lowest BCUT2D eigenvalue weighted by molar-refractivity contribution is -0.116. The van der Waals surface area contributed by atoms with Crippen molar-refractivity contribution >= 4 is 23.2 Å². The molecule has 0 bridgehead atoms. The minimum absolute atomic E-state index is 0.0406. The molecule has 0 aromatic heterocycles. The van der Waals surface area contributed by atoms with Gasteiger partial charge in [-0.1, -0.05) is 0 Å². The van der Waals surface area contributed by atoms with E-state index in [1.54, 1.807) is 24.3 Å². The van der Waals surface area contributed by atoms with E-state index < -0.39 is 5.82 Å². The Balaban J connectivity index is 1.49. The number of Topliss-reactive ketones (excluding diaryl/α,β-unsaturated/α-hetero) is 2. The second-order valence-corrected chi connectivity index (χ2v) is 6.19. The number of carbonyl (C=O) groups is 3. The number of hydrogen-bond donors (Lipinski definition) is 1. The fourth-order valence-corrected chi connectivity index (χ4v) is 2.53. The first kappa shape index (κ1) is 17.0. The van der Waals surface area contributed by atoms with Gasteiger partial charge in [-0.05, 0) is 61.4 Å². The van der Waals surface area contributed by atoms with Crippen LogP contribution >= 0.6 is 0 Å². The van der Waals surface area contributed by atoms with Crippen LogP contribution in [0.25, 0.3) is 0 Å². The molecule has 5 heteroatoms. The van der Waals surface area contributed by atoms with Gasteiger partial charge in [0.2, 0.25) is 5.91 Å². The summed E-state index contributed by atoms with van der Waals surface area (Å²) in [5, 5.41) is 2.71. The summed E-state index contributed by atoms with van der Waals surface area (Å²) in [6.45, 7) is 0. The molecule has 4 nitrogen and oxygen atoms in total. The molecule has 0 heterocycles. The molecule has 0 unspecified atom stereocenters. The average molecular weight is 339 g/mol. The van der Waals surface area contributed by atoms with Crippen molar-refractivity contribution in [2.45, 2.75) is 25.7 Å². The number of halogens is 1. The molecule has 0 atom stereocenters. The van der Waals surface area contributed by atoms with Crippen molar-refractivity contribution in [1.29, 1.82) is 0 Å². The maximum Gasteiger partial charge on any atom is 0.224 e. The molecular formula is C20H18FNO3. The number of rotatable bonds is 7. The Morgan fingerprint density at radius 1 is 0.880 bits per heavy atom. The van der Waals surface area contributed by atoms with Crippen molar-refractivity contribution in [2.75, 3.05) is 5.32 Å². The summed E-state index contributed by atoms with van der Waals surface area (Å²) in [5.74, 6) is -0.573. The monoisotopic (exact) mass is 339 g/mol. The second kappa shape index (κ2) is 7.38. The van der Waals surface area contributed by atoms with Gasteiger partial charge in [-0.25, -0.2) is 4.39 Å². The molecule has 1 N–H and O–H groups in total. The van der Waals surface area contributed by atoms with Crippen molar-refractivity contribution in [3.05, 3.63) is 65.5 Å². The third-order valence-electron chi connectivity index (χ3n) is 4.15. The van der Waals surface area contributed by atoms with Gasteiger partial charge in [-0.2, -0.15) is 0 Å². The van der Waals surface area contributed by atoms with Crippen molar-refractivity contribution in [3.8, 4) is 0 Å². The number of nitrogens with one attached hydrogen (secondary N) is 1. The first-order valence-electron chi connectivity index (χ1n) is 8.26. The molecule has 1 fully saturated rings. The van der Waals surface area contributed by atoms with Gasteiger partial charge in [-0.3, -0.25) is 14.4 Å². The normalized spacial score (nSPS) is 13.3. The van der Waals surface area contributed by atoms with Crippen molar-refractivity contribution in [2.24, 2.45) is 5.92 Å². The van der Waals surface area contributed by atoms with Gasteiger partial charge in [0.15, 0.2) is 11.6 Å². The topological polar surface area (TPSA) is 63.2 Å². The van der Waals surface area contributed by atoms with Crippen LogP contribution in [-0.4, -0.2) is 17.5 Å². The lowest BCUT2D eigenvalue weighted by Gasteiger charge is -2.06. The van der Waals surface area contributed by atoms with Crippen LogP contribution in [0, 0.1) is 11.7 Å². The third kappa shape index (κ3) is 4.59. The molecule has 1 aliphatic rings. The van der Waals surface area contributed by atoms with Crippen LogP contribution in [-0.2, 0) is 4.79 Å². The SMILES string of the molecule is O=C(CCC(=O)c1ccc(F)cc1)Nc1ccc(C(=O)C2CC2)cc1. The zero-order valence-corrected chi connectivity index (χ0v) is 13.6. The molecule has 128 valence electrons. The van der Waals surface area contributed by atoms with E-state index in [9.17, 15) is 18.8 Å². The summed E-state index contributed by atoms with van der Waals surface area (Å²) < 4.78 is 12.8. The molecule has 25 heavy (non-hydrogen) atoms. The maximum absolute atomic E-state index is 12.8. The number of anilines is 1. The Labute approximate surface area is 145 Å². The van der Waals surface area contributed by atoms with Crippen LogP contribution in [0.2, 0.25) is 0 Å². The lowest BCUT2D eigenvalue weighted by Crippen LogP contribution is -2.13. The fraction of sp³-hybridized carbons (Fsp3) is 0.250. The van der Waals surface area contributed by atoms with E-state index in [0.29, 0.717) is 16.8 Å². The van der Waals surface area contributed by atoms with E-state index in [1.165, 1.54) is 24.3 Å². The van der Waals surface area contributed by atoms with E-state index in [-0.39, 0.29) is 36.2 Å². The quantitative estimate of drug-likeness (QED) is 0.775. The van der Waals surface area contributed by atoms with E-state index in [0.717, 1.165) is 12.8 Å². The molecule has 1 amide bonds. The summed E-state index contributed by atoms with van der Waals surface area (Å²) in [5.41, 5.74) is 1.63. The minimum atomic E-state index is -0.405. The largest absolute Gasteiger partial charge is 0.326 e. The van der Waals surface area contributed by atoms with Gasteiger partial charge in [-0.15, -0.1) is 0 Å². The Morgan fingerprint density at radius 2 is 1.48 bits per heavy atom. The third-order valence-corrected chi connectivity index (χ3v) is 4.15. The molecule has 2 aromatic carbocycles. The molecule has 3 rings (SSSR count). The van der Waals surface area contributed by atoms with E-state index >= 15 is 0 Å². The Kier molecular flexibility index (Phi) is 5.03. The van der Waals surface area contributed by atoms with Crippen LogP contribution in [0.15, 0.2) is 48.5 Å². The van der Waals surface area contributed by atoms with Crippen molar-refractivity contribution in [1.82, 2.24) is 0 Å². The van der Waals surface area contributed by atoms with E-state index in [4.69, 9.17) is 0 Å². The first-order valence-corrected chi connectivity index (χ1v) is 8.26. The molecule has 0 radical (unpaired) electrons. The lowest BCUT2D eigenvalue weighted by atomic mass is 10.1. The number of amides is 1. The molecule has 2 aromatic rings. The highest BCUT2D eigenvalue weighted by molar-refractivity contribution is 6.01. The highest BCUT2D eigenvalue weighted by atomic mass is 19.1. The maximum atomic E-state index is 12.8. The van der Waals surface area contributed by atoms with Gasteiger partial charge in [0, 0.05) is 35.6 Å². The number of carbonyl (C=O) groups excluding carboxylic acids is 3. The zero-order valence-electron chi connectivity index (χ0n) is 13.6. The van der Waals surface area contributed by atoms with Gasteiger partial charge in [0.25, 0.3) is 0 Å². The smallest absolute Gasteiger partial charge is 0.224 e. The van der Waals surface area contributed by atoms with Crippen LogP contribution in [0.3, 0.4) is 0 Å². The molecular weight excluding hydrogens is 321 g/mol. The van der Waals surface area contributed by atoms with Crippen molar-refractivity contribution < 1.29 is 18.8 Å². The number of benzene rings is 2. The van der Waals surface area contributed by atoms with Crippen LogP contribution in [0.1, 0.15) is 46.4 Å². The van der Waals surface area contributed by atoms with Gasteiger partial charge < -0.3 is 5.32 Å². The van der Waals surface area contributed by atoms with Crippen LogP contribution < -0.4 is 5.32 Å². The minimum Gasteiger partial charge on any atom is -0.326 e. The summed E-state index contributed by atoms with van der Waals surface area (Å²) in [6.07, 6.45) is 2.01. The van der Waals surface area contributed by atoms with Crippen LogP contribution in [0.5, 0.6) is 0 Å². The Morgan fingerprint density at radius 3 is 2.08 bits per heavy atom. The standard InChI is InChI=1S/C20H18FNO3/c21-16-7-3-13(4-8-16)18(23)11-12-19(24)22-17-9-5-15(6-10-17)20(25)14-1-2-14/h3-10,14H,1-2,11-12H2,(H,22,24). The van der Waals surface area contributed by atoms with E-state index in [1.807, 2.05) is 0 Å². The van der Waals surface area contributed by atoms with Gasteiger partial charge in [0.05, 0.1) is 0 Å². The molecule has 0 saturated heterocycles. The summed E-state index contributed by atoms with van der Waals surface area (Å²) in [7, 11) is 0. The van der Waals surface area contributed by atoms with Gasteiger partial charge in [0.1, 0.15) is 5.82 Å². The zero-order chi connectivity index (χ0) is 17.8.